The van der Waals surface area contributed by atoms with Gasteiger partial charge in [0, 0.05) is 55.6 Å². The van der Waals surface area contributed by atoms with Crippen molar-refractivity contribution in [2.45, 2.75) is 38.1 Å². The van der Waals surface area contributed by atoms with E-state index in [0.29, 0.717) is 17.4 Å². The molecular formula is C25H28ClN3O2. The number of pyridine rings is 1. The van der Waals surface area contributed by atoms with E-state index in [-0.39, 0.29) is 17.9 Å². The van der Waals surface area contributed by atoms with Gasteiger partial charge in [0.15, 0.2) is 0 Å². The van der Waals surface area contributed by atoms with Gasteiger partial charge in [0.2, 0.25) is 11.8 Å². The second-order valence-corrected chi connectivity index (χ2v) is 8.81. The van der Waals surface area contributed by atoms with Crippen LogP contribution in [0.5, 0.6) is 0 Å². The van der Waals surface area contributed by atoms with Crippen LogP contribution in [-0.2, 0) is 16.0 Å². The molecule has 0 bridgehead atoms. The molecule has 2 fully saturated rings. The van der Waals surface area contributed by atoms with Crippen molar-refractivity contribution in [3.8, 4) is 0 Å². The molecule has 0 saturated carbocycles. The van der Waals surface area contributed by atoms with Crippen LogP contribution >= 0.6 is 11.6 Å². The molecule has 2 aliphatic heterocycles. The number of carbonyl (C=O) groups excluding carboxylic acids is 2. The molecule has 2 atom stereocenters. The van der Waals surface area contributed by atoms with Crippen molar-refractivity contribution in [3.63, 3.8) is 0 Å². The molecule has 31 heavy (non-hydrogen) atoms. The molecule has 2 saturated heterocycles. The van der Waals surface area contributed by atoms with E-state index in [2.05, 4.69) is 4.98 Å². The summed E-state index contributed by atoms with van der Waals surface area (Å²) in [5, 5.41) is 0.684. The van der Waals surface area contributed by atoms with Gasteiger partial charge in [0.25, 0.3) is 0 Å². The van der Waals surface area contributed by atoms with Gasteiger partial charge in [-0.2, -0.15) is 0 Å². The zero-order chi connectivity index (χ0) is 21.6. The topological polar surface area (TPSA) is 53.5 Å². The Balaban J connectivity index is 1.32. The van der Waals surface area contributed by atoms with Gasteiger partial charge in [-0.05, 0) is 67.0 Å². The summed E-state index contributed by atoms with van der Waals surface area (Å²) in [6.07, 6.45) is 11.2. The maximum Gasteiger partial charge on any atom is 0.246 e. The first kappa shape index (κ1) is 21.6. The van der Waals surface area contributed by atoms with E-state index in [0.717, 1.165) is 56.4 Å². The molecule has 1 aromatic heterocycles. The number of amides is 2. The van der Waals surface area contributed by atoms with Crippen molar-refractivity contribution < 1.29 is 9.59 Å². The Bertz CT molecular complexity index is 930. The summed E-state index contributed by atoms with van der Waals surface area (Å²) < 4.78 is 0. The molecule has 0 aliphatic carbocycles. The minimum atomic E-state index is 0.0565. The van der Waals surface area contributed by atoms with Crippen LogP contribution < -0.4 is 0 Å². The minimum absolute atomic E-state index is 0.0565. The highest BCUT2D eigenvalue weighted by Gasteiger charge is 2.38. The Morgan fingerprint density at radius 2 is 1.97 bits per heavy atom. The lowest BCUT2D eigenvalue weighted by Crippen LogP contribution is -2.56. The number of hydrogen-bond acceptors (Lipinski definition) is 3. The Morgan fingerprint density at radius 3 is 2.74 bits per heavy atom. The first-order valence-corrected chi connectivity index (χ1v) is 11.4. The Hall–Kier alpha value is -2.66. The standard InChI is InChI=1S/C25H28ClN3O2/c26-22-9-5-19(6-10-22)7-12-25(31)29-15-2-4-21-18-28(16-13-23(21)29)24(30)11-8-20-3-1-14-27-17-20/h1,3,5-7,9-10,12,14,17,21,23H,2,4,8,11,13,15-16,18H2/b12-7+/t21-,23+/m1/s1. The summed E-state index contributed by atoms with van der Waals surface area (Å²) in [7, 11) is 0. The van der Waals surface area contributed by atoms with Crippen molar-refractivity contribution >= 4 is 29.5 Å². The number of hydrogen-bond donors (Lipinski definition) is 0. The molecule has 4 rings (SSSR count). The van der Waals surface area contributed by atoms with Gasteiger partial charge >= 0.3 is 0 Å². The number of rotatable bonds is 5. The van der Waals surface area contributed by atoms with E-state index in [4.69, 9.17) is 11.6 Å². The van der Waals surface area contributed by atoms with Gasteiger partial charge in [0.1, 0.15) is 0 Å². The van der Waals surface area contributed by atoms with Crippen LogP contribution in [-0.4, -0.2) is 52.3 Å². The summed E-state index contributed by atoms with van der Waals surface area (Å²) in [5.41, 5.74) is 2.05. The number of fused-ring (bicyclic) bond motifs is 1. The maximum absolute atomic E-state index is 12.9. The highest BCUT2D eigenvalue weighted by atomic mass is 35.5. The fourth-order valence-corrected chi connectivity index (χ4v) is 4.82. The average Bonchev–Trinajstić information content (AvgIpc) is 2.82. The fraction of sp³-hybridized carbons (Fsp3) is 0.400. The van der Waals surface area contributed by atoms with Crippen molar-refractivity contribution in [3.05, 3.63) is 71.0 Å². The fourth-order valence-electron chi connectivity index (χ4n) is 4.70. The van der Waals surface area contributed by atoms with Crippen LogP contribution in [0.1, 0.15) is 36.8 Å². The van der Waals surface area contributed by atoms with E-state index < -0.39 is 0 Å². The SMILES string of the molecule is O=C(CCc1cccnc1)N1CC[C@H]2[C@H](CCCN2C(=O)/C=C/c2ccc(Cl)cc2)C1. The molecule has 3 heterocycles. The summed E-state index contributed by atoms with van der Waals surface area (Å²) in [4.78, 5) is 33.8. The van der Waals surface area contributed by atoms with Crippen LogP contribution in [0.2, 0.25) is 5.02 Å². The number of nitrogens with zero attached hydrogens (tertiary/aromatic N) is 3. The number of carbonyl (C=O) groups is 2. The van der Waals surface area contributed by atoms with Gasteiger partial charge < -0.3 is 9.80 Å². The van der Waals surface area contributed by atoms with Crippen molar-refractivity contribution in [1.82, 2.24) is 14.8 Å². The smallest absolute Gasteiger partial charge is 0.246 e. The molecule has 0 spiro atoms. The number of aromatic nitrogens is 1. The lowest BCUT2D eigenvalue weighted by Gasteiger charge is -2.47. The second kappa shape index (κ2) is 10.1. The van der Waals surface area contributed by atoms with E-state index >= 15 is 0 Å². The van der Waals surface area contributed by atoms with Crippen LogP contribution in [0.15, 0.2) is 54.9 Å². The number of likely N-dealkylation sites (tertiary alicyclic amines) is 2. The molecule has 162 valence electrons. The first-order chi connectivity index (χ1) is 15.1. The van der Waals surface area contributed by atoms with Gasteiger partial charge in [-0.3, -0.25) is 14.6 Å². The molecule has 0 N–H and O–H groups in total. The molecule has 5 nitrogen and oxygen atoms in total. The van der Waals surface area contributed by atoms with Crippen molar-refractivity contribution in [2.75, 3.05) is 19.6 Å². The Kier molecular flexibility index (Phi) is 7.03. The third-order valence-corrected chi connectivity index (χ3v) is 6.59. The van der Waals surface area contributed by atoms with Gasteiger partial charge in [-0.1, -0.05) is 29.8 Å². The number of aryl methyl sites for hydroxylation is 1. The first-order valence-electron chi connectivity index (χ1n) is 11.0. The molecule has 1 aromatic carbocycles. The summed E-state index contributed by atoms with van der Waals surface area (Å²) in [6, 6.07) is 11.6. The maximum atomic E-state index is 12.9. The lowest BCUT2D eigenvalue weighted by molar-refractivity contribution is -0.138. The zero-order valence-electron chi connectivity index (χ0n) is 17.6. The van der Waals surface area contributed by atoms with E-state index in [1.165, 1.54) is 0 Å². The van der Waals surface area contributed by atoms with Crippen LogP contribution in [0.3, 0.4) is 0 Å². The third kappa shape index (κ3) is 5.53. The van der Waals surface area contributed by atoms with Gasteiger partial charge in [0.05, 0.1) is 0 Å². The Morgan fingerprint density at radius 1 is 1.13 bits per heavy atom. The average molecular weight is 438 g/mol. The predicted molar refractivity (Wildman–Crippen MR) is 122 cm³/mol. The second-order valence-electron chi connectivity index (χ2n) is 8.38. The monoisotopic (exact) mass is 437 g/mol. The quantitative estimate of drug-likeness (QED) is 0.658. The highest BCUT2D eigenvalue weighted by molar-refractivity contribution is 6.30. The number of piperidine rings is 2. The van der Waals surface area contributed by atoms with Crippen LogP contribution in [0.4, 0.5) is 0 Å². The van der Waals surface area contributed by atoms with E-state index in [1.54, 1.807) is 12.3 Å². The van der Waals surface area contributed by atoms with Crippen LogP contribution in [0.25, 0.3) is 6.08 Å². The molecule has 6 heteroatoms. The molecule has 0 radical (unpaired) electrons. The van der Waals surface area contributed by atoms with Gasteiger partial charge in [-0.25, -0.2) is 0 Å². The summed E-state index contributed by atoms with van der Waals surface area (Å²) in [5.74, 6) is 0.618. The summed E-state index contributed by atoms with van der Waals surface area (Å²) in [6.45, 7) is 2.26. The molecule has 2 aromatic rings. The van der Waals surface area contributed by atoms with Crippen molar-refractivity contribution in [2.24, 2.45) is 5.92 Å². The van der Waals surface area contributed by atoms with Gasteiger partial charge in [-0.15, -0.1) is 0 Å². The minimum Gasteiger partial charge on any atom is -0.342 e. The molecular weight excluding hydrogens is 410 g/mol. The predicted octanol–water partition coefficient (Wildman–Crippen LogP) is 4.22. The van der Waals surface area contributed by atoms with E-state index in [9.17, 15) is 9.59 Å². The van der Waals surface area contributed by atoms with Crippen LogP contribution in [0, 0.1) is 5.92 Å². The zero-order valence-corrected chi connectivity index (χ0v) is 18.4. The third-order valence-electron chi connectivity index (χ3n) is 6.34. The highest BCUT2D eigenvalue weighted by Crippen LogP contribution is 2.31. The normalized spacial score (nSPS) is 21.2. The number of halogens is 1. The summed E-state index contributed by atoms with van der Waals surface area (Å²) >= 11 is 5.93. The number of benzene rings is 1. The molecule has 2 aliphatic rings. The largest absolute Gasteiger partial charge is 0.342 e. The molecule has 0 unspecified atom stereocenters. The lowest BCUT2D eigenvalue weighted by atomic mass is 9.83. The van der Waals surface area contributed by atoms with E-state index in [1.807, 2.05) is 58.5 Å². The Labute approximate surface area is 188 Å². The molecule has 2 amide bonds. The van der Waals surface area contributed by atoms with Crippen molar-refractivity contribution in [1.29, 1.82) is 0 Å².